The summed E-state index contributed by atoms with van der Waals surface area (Å²) in [6, 6.07) is 0. The fraction of sp³-hybridized carbons (Fsp3) is 0.556. The predicted molar refractivity (Wildman–Crippen MR) is 54.8 cm³/mol. The van der Waals surface area contributed by atoms with Gasteiger partial charge in [0.05, 0.1) is 7.11 Å². The van der Waals surface area contributed by atoms with Crippen LogP contribution in [0.3, 0.4) is 0 Å². The van der Waals surface area contributed by atoms with Crippen molar-refractivity contribution in [1.29, 1.82) is 0 Å². The number of aliphatic hydroxyl groups excluding tert-OH is 1. The SMILES string of the molecule is CC.CO.COc1n[nH]c(C=O)c1C. The minimum atomic E-state index is 0.469. The fourth-order valence-electron chi connectivity index (χ4n) is 0.707. The molecule has 0 radical (unpaired) electrons. The second-order valence-electron chi connectivity index (χ2n) is 1.89. The topological polar surface area (TPSA) is 75.2 Å². The third-order valence-electron chi connectivity index (χ3n) is 1.31. The number of aromatic nitrogens is 2. The summed E-state index contributed by atoms with van der Waals surface area (Å²) in [4.78, 5) is 10.2. The molecule has 0 aliphatic heterocycles. The molecule has 0 aromatic carbocycles. The van der Waals surface area contributed by atoms with Crippen LogP contribution in [0.5, 0.6) is 5.88 Å². The van der Waals surface area contributed by atoms with E-state index in [0.717, 1.165) is 12.7 Å². The van der Waals surface area contributed by atoms with Gasteiger partial charge in [-0.15, -0.1) is 5.10 Å². The van der Waals surface area contributed by atoms with Crippen molar-refractivity contribution in [2.45, 2.75) is 20.8 Å². The molecule has 0 amide bonds. The lowest BCUT2D eigenvalue weighted by molar-refractivity contribution is 0.111. The van der Waals surface area contributed by atoms with Crippen LogP contribution < -0.4 is 4.74 Å². The highest BCUT2D eigenvalue weighted by Gasteiger charge is 2.06. The summed E-state index contributed by atoms with van der Waals surface area (Å²) < 4.78 is 4.83. The molecular weight excluding hydrogens is 184 g/mol. The largest absolute Gasteiger partial charge is 0.480 e. The van der Waals surface area contributed by atoms with E-state index < -0.39 is 0 Å². The molecule has 0 aliphatic rings. The molecule has 0 bridgehead atoms. The first-order valence-electron chi connectivity index (χ1n) is 4.28. The lowest BCUT2D eigenvalue weighted by Gasteiger charge is -1.91. The zero-order valence-corrected chi connectivity index (χ0v) is 9.29. The predicted octanol–water partition coefficient (Wildman–Crippen LogP) is 1.17. The van der Waals surface area contributed by atoms with Crippen molar-refractivity contribution in [2.75, 3.05) is 14.2 Å². The number of carbonyl (C=O) groups is 1. The second kappa shape index (κ2) is 9.73. The number of aromatic amines is 1. The van der Waals surface area contributed by atoms with Gasteiger partial charge in [-0.3, -0.25) is 9.89 Å². The minimum Gasteiger partial charge on any atom is -0.480 e. The van der Waals surface area contributed by atoms with Gasteiger partial charge in [-0.05, 0) is 6.92 Å². The summed E-state index contributed by atoms with van der Waals surface area (Å²) in [5, 5.41) is 13.3. The van der Waals surface area contributed by atoms with Crippen molar-refractivity contribution in [3.05, 3.63) is 11.3 Å². The maximum Gasteiger partial charge on any atom is 0.235 e. The molecule has 0 unspecified atom stereocenters. The summed E-state index contributed by atoms with van der Waals surface area (Å²) in [5.74, 6) is 0.474. The Morgan fingerprint density at radius 3 is 2.14 bits per heavy atom. The number of nitrogens with one attached hydrogen (secondary N) is 1. The quantitative estimate of drug-likeness (QED) is 0.706. The number of H-pyrrole nitrogens is 1. The molecule has 2 N–H and O–H groups in total. The summed E-state index contributed by atoms with van der Waals surface area (Å²) in [6.07, 6.45) is 0.713. The summed E-state index contributed by atoms with van der Waals surface area (Å²) in [7, 11) is 2.51. The van der Waals surface area contributed by atoms with Crippen LogP contribution in [-0.4, -0.2) is 35.8 Å². The highest BCUT2D eigenvalue weighted by molar-refractivity contribution is 5.74. The summed E-state index contributed by atoms with van der Waals surface area (Å²) >= 11 is 0. The van der Waals surface area contributed by atoms with E-state index in [0.29, 0.717) is 17.9 Å². The van der Waals surface area contributed by atoms with Crippen LogP contribution in [-0.2, 0) is 0 Å². The van der Waals surface area contributed by atoms with Crippen molar-refractivity contribution in [3.63, 3.8) is 0 Å². The van der Waals surface area contributed by atoms with E-state index >= 15 is 0 Å². The Bertz CT molecular complexity index is 246. The maximum absolute atomic E-state index is 10.2. The standard InChI is InChI=1S/C6H8N2O2.C2H6.CH4O/c1-4-5(3-9)7-8-6(4)10-2;2*1-2/h3H,1-2H3,(H,7,8);1-2H3;2H,1H3. The van der Waals surface area contributed by atoms with Gasteiger partial charge in [-0.25, -0.2) is 0 Å². The van der Waals surface area contributed by atoms with E-state index in [1.165, 1.54) is 7.11 Å². The van der Waals surface area contributed by atoms with Gasteiger partial charge in [-0.1, -0.05) is 13.8 Å². The molecule has 0 saturated heterocycles. The third kappa shape index (κ3) is 4.04. The number of hydrogen-bond acceptors (Lipinski definition) is 4. The highest BCUT2D eigenvalue weighted by Crippen LogP contribution is 2.14. The highest BCUT2D eigenvalue weighted by atomic mass is 16.5. The second-order valence-corrected chi connectivity index (χ2v) is 1.89. The third-order valence-corrected chi connectivity index (χ3v) is 1.31. The normalized spacial score (nSPS) is 7.57. The molecule has 0 saturated carbocycles. The number of ether oxygens (including phenoxy) is 1. The van der Waals surface area contributed by atoms with Crippen molar-refractivity contribution in [3.8, 4) is 5.88 Å². The smallest absolute Gasteiger partial charge is 0.235 e. The fourth-order valence-corrected chi connectivity index (χ4v) is 0.707. The molecule has 82 valence electrons. The van der Waals surface area contributed by atoms with Gasteiger partial charge in [0.25, 0.3) is 0 Å². The maximum atomic E-state index is 10.2. The van der Waals surface area contributed by atoms with Gasteiger partial charge in [0.2, 0.25) is 5.88 Å². The monoisotopic (exact) mass is 202 g/mol. The first-order valence-corrected chi connectivity index (χ1v) is 4.28. The van der Waals surface area contributed by atoms with Crippen LogP contribution in [0.2, 0.25) is 0 Å². The van der Waals surface area contributed by atoms with Gasteiger partial charge >= 0.3 is 0 Å². The van der Waals surface area contributed by atoms with Crippen LogP contribution in [0.15, 0.2) is 0 Å². The van der Waals surface area contributed by atoms with Crippen molar-refractivity contribution in [1.82, 2.24) is 10.2 Å². The van der Waals surface area contributed by atoms with Crippen molar-refractivity contribution < 1.29 is 14.6 Å². The van der Waals surface area contributed by atoms with Crippen molar-refractivity contribution >= 4 is 6.29 Å². The Kier molecular flexibility index (Phi) is 10.5. The molecule has 1 aromatic heterocycles. The molecule has 0 aliphatic carbocycles. The number of carbonyl (C=O) groups excluding carboxylic acids is 1. The Morgan fingerprint density at radius 2 is 1.93 bits per heavy atom. The minimum absolute atomic E-state index is 0.469. The lowest BCUT2D eigenvalue weighted by Crippen LogP contribution is -1.85. The van der Waals surface area contributed by atoms with Crippen LogP contribution in [0, 0.1) is 6.92 Å². The lowest BCUT2D eigenvalue weighted by atomic mass is 10.3. The molecule has 5 nitrogen and oxygen atoms in total. The Balaban J connectivity index is 0. The van der Waals surface area contributed by atoms with Gasteiger partial charge in [0.15, 0.2) is 6.29 Å². The number of hydrogen-bond donors (Lipinski definition) is 2. The zero-order valence-electron chi connectivity index (χ0n) is 9.29. The Labute approximate surface area is 84.1 Å². The molecule has 0 spiro atoms. The first kappa shape index (κ1) is 15.1. The van der Waals surface area contributed by atoms with Crippen LogP contribution >= 0.6 is 0 Å². The number of aldehydes is 1. The molecule has 0 fully saturated rings. The molecule has 14 heavy (non-hydrogen) atoms. The molecule has 5 heteroatoms. The van der Waals surface area contributed by atoms with E-state index in [-0.39, 0.29) is 0 Å². The number of aliphatic hydroxyl groups is 1. The number of methoxy groups -OCH3 is 1. The van der Waals surface area contributed by atoms with Crippen LogP contribution in [0.4, 0.5) is 0 Å². The van der Waals surface area contributed by atoms with Gasteiger partial charge in [-0.2, -0.15) is 0 Å². The molecule has 0 atom stereocenters. The Hall–Kier alpha value is -1.36. The van der Waals surface area contributed by atoms with E-state index in [1.54, 1.807) is 6.92 Å². The molecule has 1 aromatic rings. The average molecular weight is 202 g/mol. The van der Waals surface area contributed by atoms with E-state index in [9.17, 15) is 4.79 Å². The molecule has 1 heterocycles. The number of rotatable bonds is 2. The van der Waals surface area contributed by atoms with Gasteiger partial charge in [0, 0.05) is 12.7 Å². The van der Waals surface area contributed by atoms with E-state index in [1.807, 2.05) is 13.8 Å². The summed E-state index contributed by atoms with van der Waals surface area (Å²) in [6.45, 7) is 5.77. The van der Waals surface area contributed by atoms with E-state index in [4.69, 9.17) is 9.84 Å². The Morgan fingerprint density at radius 1 is 1.43 bits per heavy atom. The van der Waals surface area contributed by atoms with Crippen LogP contribution in [0.25, 0.3) is 0 Å². The number of nitrogens with zero attached hydrogens (tertiary/aromatic N) is 1. The average Bonchev–Trinajstić information content (AvgIpc) is 2.64. The van der Waals surface area contributed by atoms with Gasteiger partial charge < -0.3 is 9.84 Å². The molecular formula is C9H18N2O3. The van der Waals surface area contributed by atoms with Crippen LogP contribution in [0.1, 0.15) is 29.9 Å². The molecule has 1 rings (SSSR count). The zero-order chi connectivity index (χ0) is 11.6. The summed E-state index contributed by atoms with van der Waals surface area (Å²) in [5.41, 5.74) is 1.22. The van der Waals surface area contributed by atoms with E-state index in [2.05, 4.69) is 10.2 Å². The van der Waals surface area contributed by atoms with Gasteiger partial charge in [0.1, 0.15) is 5.69 Å². The first-order chi connectivity index (χ1) is 6.79. The van der Waals surface area contributed by atoms with Crippen molar-refractivity contribution in [2.24, 2.45) is 0 Å².